The smallest absolute Gasteiger partial charge is 0.164 e. The van der Waals surface area contributed by atoms with Gasteiger partial charge in [0.2, 0.25) is 0 Å². The molecule has 0 saturated heterocycles. The summed E-state index contributed by atoms with van der Waals surface area (Å²) in [5, 5.41) is 9.54. The van der Waals surface area contributed by atoms with Crippen molar-refractivity contribution in [2.75, 3.05) is 13.3 Å². The minimum Gasteiger partial charge on any atom is -0.319 e. The Kier molecular flexibility index (Phi) is 4.28. The van der Waals surface area contributed by atoms with Gasteiger partial charge in [-0.25, -0.2) is 9.37 Å². The van der Waals surface area contributed by atoms with Crippen molar-refractivity contribution in [1.82, 2.24) is 24.3 Å². The first kappa shape index (κ1) is 21.0. The number of fused-ring (bicyclic) bond motifs is 6. The first-order chi connectivity index (χ1) is 16.8. The standard InChI is InChI=1S/C26H20ClFN5OP/c1-35(2,34)23-9-7-14(10-18(23)28)15-6-8-19-20(11-15)33-21-12-22(26(33)30-19)32-13-29-31-25(32)16-4-3-5-17(27)24(16)21/h3-11,13,21-22H,12H2,1-2H3/t21-,22+/m1/s1. The second kappa shape index (κ2) is 7.12. The van der Waals surface area contributed by atoms with E-state index in [9.17, 15) is 8.96 Å². The molecule has 3 aromatic carbocycles. The fourth-order valence-corrected chi connectivity index (χ4v) is 6.93. The number of hydrogen-bond acceptors (Lipinski definition) is 4. The third-order valence-corrected chi connectivity index (χ3v) is 9.02. The van der Waals surface area contributed by atoms with E-state index in [2.05, 4.69) is 25.4 Å². The van der Waals surface area contributed by atoms with Crippen LogP contribution in [0.25, 0.3) is 33.5 Å². The van der Waals surface area contributed by atoms with Gasteiger partial charge in [-0.15, -0.1) is 10.2 Å². The van der Waals surface area contributed by atoms with Crippen LogP contribution in [0.3, 0.4) is 0 Å². The molecule has 2 atom stereocenters. The Morgan fingerprint density at radius 3 is 2.66 bits per heavy atom. The van der Waals surface area contributed by atoms with Gasteiger partial charge in [-0.1, -0.05) is 35.9 Å². The Balaban J connectivity index is 1.45. The summed E-state index contributed by atoms with van der Waals surface area (Å²) < 4.78 is 31.6. The minimum absolute atomic E-state index is 0.00850. The summed E-state index contributed by atoms with van der Waals surface area (Å²) in [5.74, 6) is 1.30. The van der Waals surface area contributed by atoms with Crippen LogP contribution < -0.4 is 5.30 Å². The molecule has 0 spiro atoms. The lowest BCUT2D eigenvalue weighted by Gasteiger charge is -2.19. The van der Waals surface area contributed by atoms with Crippen molar-refractivity contribution in [2.24, 2.45) is 0 Å². The first-order valence-corrected chi connectivity index (χ1v) is 14.3. The van der Waals surface area contributed by atoms with Gasteiger partial charge in [0, 0.05) is 27.9 Å². The van der Waals surface area contributed by atoms with E-state index in [1.165, 1.54) is 6.07 Å². The highest BCUT2D eigenvalue weighted by Gasteiger charge is 2.42. The third-order valence-electron chi connectivity index (χ3n) is 7.17. The lowest BCUT2D eigenvalue weighted by molar-refractivity contribution is 0.548. The highest BCUT2D eigenvalue weighted by molar-refractivity contribution is 7.70. The molecule has 35 heavy (non-hydrogen) atoms. The molecule has 2 bridgehead atoms. The first-order valence-electron chi connectivity index (χ1n) is 11.4. The molecule has 4 heterocycles. The highest BCUT2D eigenvalue weighted by atomic mass is 35.5. The van der Waals surface area contributed by atoms with Crippen LogP contribution >= 0.6 is 18.7 Å². The van der Waals surface area contributed by atoms with Crippen LogP contribution in [0, 0.1) is 5.82 Å². The summed E-state index contributed by atoms with van der Waals surface area (Å²) in [6, 6.07) is 16.8. The molecule has 0 saturated carbocycles. The summed E-state index contributed by atoms with van der Waals surface area (Å²) in [6.07, 6.45) is 2.56. The van der Waals surface area contributed by atoms with Crippen molar-refractivity contribution >= 4 is 35.1 Å². The van der Waals surface area contributed by atoms with E-state index in [0.29, 0.717) is 5.02 Å². The van der Waals surface area contributed by atoms with Crippen LogP contribution in [0.1, 0.15) is 29.9 Å². The SMILES string of the molecule is CP(C)(=O)c1ccc(-c2ccc3nc4n(c3c2)[C@@H]2C[C@@H]4n3cnnc3-c3cccc(Cl)c32)cc1F. The average molecular weight is 504 g/mol. The van der Waals surface area contributed by atoms with Gasteiger partial charge in [-0.2, -0.15) is 0 Å². The number of imidazole rings is 1. The molecule has 0 N–H and O–H groups in total. The second-order valence-corrected chi connectivity index (χ2v) is 13.2. The molecular weight excluding hydrogens is 484 g/mol. The normalized spacial score (nSPS) is 18.3. The van der Waals surface area contributed by atoms with E-state index in [-0.39, 0.29) is 17.4 Å². The maximum absolute atomic E-state index is 14.8. The molecule has 2 aliphatic heterocycles. The van der Waals surface area contributed by atoms with Gasteiger partial charge < -0.3 is 13.7 Å². The molecule has 6 nitrogen and oxygen atoms in total. The van der Waals surface area contributed by atoms with Crippen LogP contribution in [-0.4, -0.2) is 37.6 Å². The lowest BCUT2D eigenvalue weighted by Crippen LogP contribution is -2.11. The summed E-state index contributed by atoms with van der Waals surface area (Å²) >= 11 is 6.77. The molecule has 0 fully saturated rings. The van der Waals surface area contributed by atoms with Gasteiger partial charge in [0.1, 0.15) is 25.1 Å². The minimum atomic E-state index is -2.70. The van der Waals surface area contributed by atoms with Crippen LogP contribution in [0.2, 0.25) is 5.02 Å². The largest absolute Gasteiger partial charge is 0.319 e. The van der Waals surface area contributed by atoms with E-state index in [4.69, 9.17) is 16.6 Å². The Labute approximate surface area is 205 Å². The monoisotopic (exact) mass is 503 g/mol. The van der Waals surface area contributed by atoms with E-state index in [1.54, 1.807) is 25.7 Å². The summed E-state index contributed by atoms with van der Waals surface area (Å²) in [7, 11) is -2.70. The predicted octanol–water partition coefficient (Wildman–Crippen LogP) is 5.90. The number of benzene rings is 3. The fraction of sp³-hybridized carbons (Fsp3) is 0.192. The van der Waals surface area contributed by atoms with Crippen LogP contribution in [0.5, 0.6) is 0 Å². The molecule has 2 aromatic heterocycles. The Hall–Kier alpha value is -3.28. The zero-order valence-electron chi connectivity index (χ0n) is 19.0. The van der Waals surface area contributed by atoms with E-state index in [1.807, 2.05) is 36.4 Å². The molecule has 0 aliphatic carbocycles. The Morgan fingerprint density at radius 2 is 1.86 bits per heavy atom. The maximum Gasteiger partial charge on any atom is 0.164 e. The molecule has 9 heteroatoms. The predicted molar refractivity (Wildman–Crippen MR) is 136 cm³/mol. The zero-order chi connectivity index (χ0) is 24.1. The molecule has 7 rings (SSSR count). The average Bonchev–Trinajstić information content (AvgIpc) is 3.49. The van der Waals surface area contributed by atoms with Crippen molar-refractivity contribution in [3.05, 3.63) is 83.2 Å². The van der Waals surface area contributed by atoms with E-state index < -0.39 is 13.0 Å². The zero-order valence-corrected chi connectivity index (χ0v) is 20.6. The molecule has 0 amide bonds. The van der Waals surface area contributed by atoms with Gasteiger partial charge in [-0.05, 0) is 54.8 Å². The topological polar surface area (TPSA) is 65.6 Å². The van der Waals surface area contributed by atoms with Gasteiger partial charge >= 0.3 is 0 Å². The molecule has 5 aromatic rings. The number of nitrogens with zero attached hydrogens (tertiary/aromatic N) is 5. The number of halogens is 2. The summed E-state index contributed by atoms with van der Waals surface area (Å²) in [6.45, 7) is 3.16. The molecule has 0 unspecified atom stereocenters. The highest BCUT2D eigenvalue weighted by Crippen LogP contribution is 2.51. The summed E-state index contributed by atoms with van der Waals surface area (Å²) in [4.78, 5) is 4.99. The Bertz CT molecular complexity index is 1740. The third kappa shape index (κ3) is 2.95. The van der Waals surface area contributed by atoms with Crippen molar-refractivity contribution in [3.8, 4) is 22.5 Å². The van der Waals surface area contributed by atoms with Gasteiger partial charge in [-0.3, -0.25) is 0 Å². The van der Waals surface area contributed by atoms with Gasteiger partial charge in [0.15, 0.2) is 5.82 Å². The molecule has 2 aliphatic rings. The number of aromatic nitrogens is 5. The fourth-order valence-electron chi connectivity index (χ4n) is 5.62. The van der Waals surface area contributed by atoms with Crippen molar-refractivity contribution in [2.45, 2.75) is 18.5 Å². The van der Waals surface area contributed by atoms with Crippen LogP contribution in [0.15, 0.2) is 60.9 Å². The van der Waals surface area contributed by atoms with E-state index in [0.717, 1.165) is 51.4 Å². The number of hydrogen-bond donors (Lipinski definition) is 0. The van der Waals surface area contributed by atoms with Crippen LogP contribution in [-0.2, 0) is 4.57 Å². The van der Waals surface area contributed by atoms with Gasteiger partial charge in [0.25, 0.3) is 0 Å². The number of rotatable bonds is 2. The molecule has 0 radical (unpaired) electrons. The van der Waals surface area contributed by atoms with Crippen molar-refractivity contribution in [1.29, 1.82) is 0 Å². The Morgan fingerprint density at radius 1 is 1.06 bits per heavy atom. The maximum atomic E-state index is 14.8. The molecule has 174 valence electrons. The lowest BCUT2D eigenvalue weighted by atomic mass is 9.98. The van der Waals surface area contributed by atoms with Crippen molar-refractivity contribution < 1.29 is 8.96 Å². The second-order valence-electron chi connectivity index (χ2n) is 9.59. The van der Waals surface area contributed by atoms with E-state index >= 15 is 0 Å². The van der Waals surface area contributed by atoms with Crippen LogP contribution in [0.4, 0.5) is 4.39 Å². The van der Waals surface area contributed by atoms with Crippen molar-refractivity contribution in [3.63, 3.8) is 0 Å². The van der Waals surface area contributed by atoms with Gasteiger partial charge in [0.05, 0.1) is 23.1 Å². The molecular formula is C26H20ClFN5OP. The quantitative estimate of drug-likeness (QED) is 0.281. The summed E-state index contributed by atoms with van der Waals surface area (Å²) in [5.41, 5.74) is 5.44.